The Hall–Kier alpha value is -2.83. The molecular formula is C19H24N2O5. The molecule has 0 saturated carbocycles. The number of rotatable bonds is 6. The summed E-state index contributed by atoms with van der Waals surface area (Å²) < 4.78 is 5.05. The van der Waals surface area contributed by atoms with E-state index in [0.717, 1.165) is 0 Å². The Balaban J connectivity index is 1.99. The molecule has 7 nitrogen and oxygen atoms in total. The van der Waals surface area contributed by atoms with Gasteiger partial charge in [-0.15, -0.1) is 0 Å². The Morgan fingerprint density at radius 2 is 1.73 bits per heavy atom. The zero-order valence-corrected chi connectivity index (χ0v) is 14.9. The van der Waals surface area contributed by atoms with Crippen LogP contribution >= 0.6 is 0 Å². The predicted molar refractivity (Wildman–Crippen MR) is 97.9 cm³/mol. The van der Waals surface area contributed by atoms with Gasteiger partial charge in [0.25, 0.3) is 0 Å². The van der Waals surface area contributed by atoms with Gasteiger partial charge in [-0.1, -0.05) is 32.1 Å². The minimum Gasteiger partial charge on any atom is -0.481 e. The van der Waals surface area contributed by atoms with Crippen LogP contribution in [0.15, 0.2) is 36.4 Å². The van der Waals surface area contributed by atoms with E-state index < -0.39 is 23.9 Å². The molecule has 0 heterocycles. The number of carbonyl (C=O) groups is 3. The molecule has 1 aliphatic rings. The lowest BCUT2D eigenvalue weighted by Crippen LogP contribution is -2.34. The van der Waals surface area contributed by atoms with Crippen LogP contribution in [0.1, 0.15) is 26.7 Å². The van der Waals surface area contributed by atoms with Gasteiger partial charge in [-0.3, -0.25) is 14.9 Å². The fourth-order valence-electron chi connectivity index (χ4n) is 2.68. The van der Waals surface area contributed by atoms with Gasteiger partial charge in [0.2, 0.25) is 5.91 Å². The molecule has 0 aromatic heterocycles. The molecule has 2 amide bonds. The van der Waals surface area contributed by atoms with Crippen LogP contribution in [-0.4, -0.2) is 29.7 Å². The van der Waals surface area contributed by atoms with Crippen molar-refractivity contribution in [2.75, 3.05) is 17.2 Å². The van der Waals surface area contributed by atoms with Gasteiger partial charge in [-0.05, 0) is 37.0 Å². The van der Waals surface area contributed by atoms with Gasteiger partial charge in [0.1, 0.15) is 0 Å². The Morgan fingerprint density at radius 1 is 1.12 bits per heavy atom. The van der Waals surface area contributed by atoms with Crippen molar-refractivity contribution >= 4 is 29.3 Å². The summed E-state index contributed by atoms with van der Waals surface area (Å²) in [7, 11) is 0. The third-order valence-corrected chi connectivity index (χ3v) is 4.01. The highest BCUT2D eigenvalue weighted by Gasteiger charge is 2.33. The molecule has 0 fully saturated rings. The van der Waals surface area contributed by atoms with Crippen molar-refractivity contribution in [2.24, 2.45) is 17.8 Å². The number of hydrogen-bond donors (Lipinski definition) is 3. The molecule has 1 aliphatic carbocycles. The van der Waals surface area contributed by atoms with E-state index in [4.69, 9.17) is 4.74 Å². The summed E-state index contributed by atoms with van der Waals surface area (Å²) in [6, 6.07) is 6.64. The summed E-state index contributed by atoms with van der Waals surface area (Å²) >= 11 is 0. The van der Waals surface area contributed by atoms with E-state index in [-0.39, 0.29) is 11.8 Å². The lowest BCUT2D eigenvalue weighted by atomic mass is 9.82. The van der Waals surface area contributed by atoms with E-state index >= 15 is 0 Å². The molecule has 7 heteroatoms. The summed E-state index contributed by atoms with van der Waals surface area (Å²) in [4.78, 5) is 35.5. The van der Waals surface area contributed by atoms with Crippen LogP contribution in [0.5, 0.6) is 0 Å². The number of carbonyl (C=O) groups excluding carboxylic acids is 2. The maximum atomic E-state index is 12.5. The average Bonchev–Trinajstić information content (AvgIpc) is 2.60. The number of carboxylic acids is 1. The lowest BCUT2D eigenvalue weighted by molar-refractivity contribution is -0.146. The normalized spacial score (nSPS) is 19.0. The van der Waals surface area contributed by atoms with E-state index in [1.807, 2.05) is 19.9 Å². The second-order valence-electron chi connectivity index (χ2n) is 6.68. The first-order valence-electron chi connectivity index (χ1n) is 8.59. The van der Waals surface area contributed by atoms with Crippen LogP contribution in [-0.2, 0) is 14.3 Å². The fraction of sp³-hybridized carbons (Fsp3) is 0.421. The number of ether oxygens (including phenoxy) is 1. The van der Waals surface area contributed by atoms with Crippen LogP contribution in [0.4, 0.5) is 16.2 Å². The first kappa shape index (κ1) is 19.5. The highest BCUT2D eigenvalue weighted by atomic mass is 16.5. The zero-order chi connectivity index (χ0) is 19.1. The molecule has 2 atom stereocenters. The number of aliphatic carboxylic acids is 1. The van der Waals surface area contributed by atoms with Crippen molar-refractivity contribution in [1.29, 1.82) is 0 Å². The summed E-state index contributed by atoms with van der Waals surface area (Å²) in [5.74, 6) is -2.44. The molecule has 2 rings (SSSR count). The monoisotopic (exact) mass is 360 g/mol. The Kier molecular flexibility index (Phi) is 6.77. The lowest BCUT2D eigenvalue weighted by Gasteiger charge is -2.24. The van der Waals surface area contributed by atoms with Crippen molar-refractivity contribution in [3.05, 3.63) is 36.4 Å². The second kappa shape index (κ2) is 9.03. The predicted octanol–water partition coefficient (Wildman–Crippen LogP) is 3.50. The molecular weight excluding hydrogens is 336 g/mol. The molecule has 3 N–H and O–H groups in total. The van der Waals surface area contributed by atoms with E-state index in [1.54, 1.807) is 30.3 Å². The van der Waals surface area contributed by atoms with Crippen LogP contribution in [0.25, 0.3) is 0 Å². The number of benzene rings is 1. The molecule has 0 saturated heterocycles. The van der Waals surface area contributed by atoms with Crippen molar-refractivity contribution in [3.8, 4) is 0 Å². The Bertz CT molecular complexity index is 699. The molecule has 1 aromatic rings. The fourth-order valence-corrected chi connectivity index (χ4v) is 2.68. The van der Waals surface area contributed by atoms with Crippen molar-refractivity contribution in [3.63, 3.8) is 0 Å². The molecule has 1 aromatic carbocycles. The van der Waals surface area contributed by atoms with Gasteiger partial charge in [0.15, 0.2) is 0 Å². The number of carboxylic acid groups (broad SMARTS) is 1. The third kappa shape index (κ3) is 5.61. The summed E-state index contributed by atoms with van der Waals surface area (Å²) in [5, 5.41) is 14.6. The van der Waals surface area contributed by atoms with E-state index in [1.165, 1.54) is 0 Å². The first-order chi connectivity index (χ1) is 12.4. The molecule has 0 unspecified atom stereocenters. The summed E-state index contributed by atoms with van der Waals surface area (Å²) in [5.41, 5.74) is 0.963. The number of nitrogens with one attached hydrogen (secondary N) is 2. The van der Waals surface area contributed by atoms with Gasteiger partial charge in [0.05, 0.1) is 18.4 Å². The first-order valence-corrected chi connectivity index (χ1v) is 8.59. The van der Waals surface area contributed by atoms with Crippen LogP contribution in [0, 0.1) is 17.8 Å². The topological polar surface area (TPSA) is 105 Å². The highest BCUT2D eigenvalue weighted by Crippen LogP contribution is 2.27. The molecule has 140 valence electrons. The van der Waals surface area contributed by atoms with E-state index in [9.17, 15) is 19.5 Å². The largest absolute Gasteiger partial charge is 0.481 e. The number of hydrogen-bond acceptors (Lipinski definition) is 4. The minimum absolute atomic E-state index is 0.234. The maximum Gasteiger partial charge on any atom is 0.411 e. The molecule has 0 aliphatic heterocycles. The number of amides is 2. The van der Waals surface area contributed by atoms with Gasteiger partial charge in [-0.2, -0.15) is 0 Å². The van der Waals surface area contributed by atoms with Crippen molar-refractivity contribution in [1.82, 2.24) is 0 Å². The van der Waals surface area contributed by atoms with Crippen LogP contribution in [0.3, 0.4) is 0 Å². The summed E-state index contributed by atoms with van der Waals surface area (Å²) in [6.07, 6.45) is 3.78. The van der Waals surface area contributed by atoms with Crippen molar-refractivity contribution < 1.29 is 24.2 Å². The highest BCUT2D eigenvalue weighted by molar-refractivity contribution is 5.96. The molecule has 0 spiro atoms. The van der Waals surface area contributed by atoms with Crippen LogP contribution < -0.4 is 10.6 Å². The molecule has 0 radical (unpaired) electrons. The third-order valence-electron chi connectivity index (χ3n) is 4.01. The molecule has 0 bridgehead atoms. The quantitative estimate of drug-likeness (QED) is 0.674. The molecule has 26 heavy (non-hydrogen) atoms. The van der Waals surface area contributed by atoms with Crippen molar-refractivity contribution in [2.45, 2.75) is 26.7 Å². The maximum absolute atomic E-state index is 12.5. The number of anilines is 2. The summed E-state index contributed by atoms with van der Waals surface area (Å²) in [6.45, 7) is 4.19. The standard InChI is InChI=1S/C19H24N2O5/c1-12(2)11-26-19(25)21-14-7-5-6-13(10-14)20-17(22)15-8-3-4-9-16(15)18(23)24/h3-7,10,12,15-16H,8-9,11H2,1-2H3,(H,20,22)(H,21,25)(H,23,24)/t15-,16+/m1/s1. The SMILES string of the molecule is CC(C)COC(=O)Nc1cccc(NC(=O)[C@@H]2CC=CC[C@@H]2C(=O)O)c1. The van der Waals surface area contributed by atoms with Gasteiger partial charge >= 0.3 is 12.1 Å². The minimum atomic E-state index is -0.974. The second-order valence-corrected chi connectivity index (χ2v) is 6.68. The van der Waals surface area contributed by atoms with E-state index in [0.29, 0.717) is 30.8 Å². The van der Waals surface area contributed by atoms with Crippen LogP contribution in [0.2, 0.25) is 0 Å². The van der Waals surface area contributed by atoms with Gasteiger partial charge in [0, 0.05) is 11.4 Å². The Labute approximate surface area is 152 Å². The van der Waals surface area contributed by atoms with Gasteiger partial charge in [-0.25, -0.2) is 4.79 Å². The van der Waals surface area contributed by atoms with E-state index in [2.05, 4.69) is 10.6 Å². The number of allylic oxidation sites excluding steroid dienone is 2. The smallest absolute Gasteiger partial charge is 0.411 e. The average molecular weight is 360 g/mol. The zero-order valence-electron chi connectivity index (χ0n) is 14.9. The Morgan fingerprint density at radius 3 is 2.35 bits per heavy atom. The van der Waals surface area contributed by atoms with Gasteiger partial charge < -0.3 is 15.2 Å².